The van der Waals surface area contributed by atoms with Gasteiger partial charge < -0.3 is 15.0 Å². The molecule has 3 heteroatoms. The molecule has 0 aliphatic carbocycles. The lowest BCUT2D eigenvalue weighted by molar-refractivity contribution is 0.488. The highest BCUT2D eigenvalue weighted by atomic mass is 16.5. The molecular weight excluding hydrogens is 260 g/mol. The molecule has 0 spiro atoms. The molecule has 2 aromatic carbocycles. The van der Waals surface area contributed by atoms with E-state index in [9.17, 15) is 0 Å². The van der Waals surface area contributed by atoms with Gasteiger partial charge in [0.2, 0.25) is 0 Å². The summed E-state index contributed by atoms with van der Waals surface area (Å²) in [6.07, 6.45) is 2.10. The minimum atomic E-state index is 0.881. The molecule has 106 valence electrons. The molecule has 0 fully saturated rings. The van der Waals surface area contributed by atoms with Crippen molar-refractivity contribution < 1.29 is 4.74 Å². The number of fused-ring (bicyclic) bond motifs is 3. The summed E-state index contributed by atoms with van der Waals surface area (Å²) in [5.41, 5.74) is 3.93. The predicted molar refractivity (Wildman–Crippen MR) is 85.1 cm³/mol. The van der Waals surface area contributed by atoms with Gasteiger partial charge in [0.15, 0.2) is 0 Å². The van der Waals surface area contributed by atoms with Crippen molar-refractivity contribution in [3.8, 4) is 11.5 Å². The number of ether oxygens (including phenoxy) is 1. The van der Waals surface area contributed by atoms with E-state index < -0.39 is 0 Å². The zero-order valence-corrected chi connectivity index (χ0v) is 11.9. The molecule has 1 aliphatic heterocycles. The van der Waals surface area contributed by atoms with Crippen LogP contribution in [0.2, 0.25) is 0 Å². The Morgan fingerprint density at radius 1 is 0.857 bits per heavy atom. The normalized spacial score (nSPS) is 14.7. The molecule has 4 rings (SSSR count). The zero-order chi connectivity index (χ0) is 14.1. The Hall–Kier alpha value is -2.26. The highest BCUT2D eigenvalue weighted by molar-refractivity contribution is 5.91. The first-order valence-corrected chi connectivity index (χ1v) is 7.48. The summed E-state index contributed by atoms with van der Waals surface area (Å²) in [4.78, 5) is 3.56. The molecule has 3 aromatic rings. The smallest absolute Gasteiger partial charge is 0.137 e. The zero-order valence-electron chi connectivity index (χ0n) is 11.9. The molecule has 3 nitrogen and oxygen atoms in total. The maximum absolute atomic E-state index is 6.12. The highest BCUT2D eigenvalue weighted by Gasteiger charge is 2.17. The van der Waals surface area contributed by atoms with Crippen LogP contribution in [0.3, 0.4) is 0 Å². The number of para-hydroxylation sites is 1. The number of hydrogen-bond donors (Lipinski definition) is 2. The van der Waals surface area contributed by atoms with Gasteiger partial charge in [0.05, 0.1) is 0 Å². The lowest BCUT2D eigenvalue weighted by Crippen LogP contribution is -2.16. The van der Waals surface area contributed by atoms with E-state index in [1.165, 1.54) is 22.2 Å². The summed E-state index contributed by atoms with van der Waals surface area (Å²) in [5, 5.41) is 4.69. The van der Waals surface area contributed by atoms with E-state index in [2.05, 4.69) is 28.5 Å². The molecule has 0 atom stereocenters. The number of nitrogens with one attached hydrogen (secondary N) is 2. The van der Waals surface area contributed by atoms with Gasteiger partial charge in [-0.15, -0.1) is 0 Å². The van der Waals surface area contributed by atoms with Gasteiger partial charge in [-0.2, -0.15) is 0 Å². The van der Waals surface area contributed by atoms with Crippen LogP contribution in [-0.4, -0.2) is 18.1 Å². The molecule has 0 amide bonds. The van der Waals surface area contributed by atoms with Gasteiger partial charge in [-0.25, -0.2) is 0 Å². The molecule has 0 unspecified atom stereocenters. The summed E-state index contributed by atoms with van der Waals surface area (Å²) in [7, 11) is 0. The molecule has 1 aromatic heterocycles. The quantitative estimate of drug-likeness (QED) is 0.751. The number of H-pyrrole nitrogens is 1. The van der Waals surface area contributed by atoms with Crippen molar-refractivity contribution >= 4 is 10.9 Å². The van der Waals surface area contributed by atoms with Gasteiger partial charge in [-0.3, -0.25) is 0 Å². The van der Waals surface area contributed by atoms with Crippen LogP contribution < -0.4 is 10.1 Å². The molecule has 0 bridgehead atoms. The Kier molecular flexibility index (Phi) is 3.13. The molecule has 0 saturated heterocycles. The van der Waals surface area contributed by atoms with E-state index in [1.54, 1.807) is 0 Å². The van der Waals surface area contributed by atoms with Gasteiger partial charge in [0, 0.05) is 29.6 Å². The average molecular weight is 278 g/mol. The van der Waals surface area contributed by atoms with Crippen molar-refractivity contribution in [2.45, 2.75) is 12.8 Å². The van der Waals surface area contributed by atoms with E-state index in [-0.39, 0.29) is 0 Å². The fraction of sp³-hybridized carbons (Fsp3) is 0.222. The van der Waals surface area contributed by atoms with Gasteiger partial charge in [-0.1, -0.05) is 24.3 Å². The van der Waals surface area contributed by atoms with Crippen LogP contribution >= 0.6 is 0 Å². The molecule has 2 N–H and O–H groups in total. The van der Waals surface area contributed by atoms with Crippen molar-refractivity contribution in [1.82, 2.24) is 10.3 Å². The fourth-order valence-electron chi connectivity index (χ4n) is 3.08. The Balaban J connectivity index is 1.83. The van der Waals surface area contributed by atoms with Crippen molar-refractivity contribution in [2.24, 2.45) is 0 Å². The Bertz CT molecular complexity index is 761. The van der Waals surface area contributed by atoms with Crippen molar-refractivity contribution in [1.29, 1.82) is 0 Å². The predicted octanol–water partition coefficient (Wildman–Crippen LogP) is 3.65. The summed E-state index contributed by atoms with van der Waals surface area (Å²) < 4.78 is 6.12. The van der Waals surface area contributed by atoms with Gasteiger partial charge in [0.1, 0.15) is 11.5 Å². The van der Waals surface area contributed by atoms with E-state index in [0.717, 1.165) is 37.4 Å². The minimum absolute atomic E-state index is 0.881. The molecule has 1 aliphatic rings. The summed E-state index contributed by atoms with van der Waals surface area (Å²) >= 11 is 0. The van der Waals surface area contributed by atoms with E-state index in [0.29, 0.717) is 0 Å². The summed E-state index contributed by atoms with van der Waals surface area (Å²) in [5.74, 6) is 1.82. The van der Waals surface area contributed by atoms with Crippen LogP contribution in [0.15, 0.2) is 48.5 Å². The van der Waals surface area contributed by atoms with E-state index in [4.69, 9.17) is 4.74 Å². The van der Waals surface area contributed by atoms with Crippen molar-refractivity contribution in [3.05, 3.63) is 59.8 Å². The second-order valence-corrected chi connectivity index (χ2v) is 5.43. The Labute approximate surface area is 123 Å². The highest BCUT2D eigenvalue weighted by Crippen LogP contribution is 2.35. The van der Waals surface area contributed by atoms with Gasteiger partial charge in [-0.05, 0) is 42.8 Å². The fourth-order valence-corrected chi connectivity index (χ4v) is 3.08. The number of hydrogen-bond acceptors (Lipinski definition) is 2. The third-order valence-electron chi connectivity index (χ3n) is 4.05. The number of benzene rings is 2. The molecule has 0 saturated carbocycles. The van der Waals surface area contributed by atoms with Crippen LogP contribution in [0.25, 0.3) is 10.9 Å². The second kappa shape index (κ2) is 5.26. The maximum atomic E-state index is 6.12. The standard InChI is InChI=1S/C18H18N2O/c1-2-5-13(6-3-1)21-17-8-4-7-16-18(17)14-9-11-19-12-10-15(14)20-16/h1-8,19-20H,9-12H2. The van der Waals surface area contributed by atoms with Crippen LogP contribution in [-0.2, 0) is 12.8 Å². The van der Waals surface area contributed by atoms with Gasteiger partial charge >= 0.3 is 0 Å². The van der Waals surface area contributed by atoms with Crippen molar-refractivity contribution in [2.75, 3.05) is 13.1 Å². The van der Waals surface area contributed by atoms with Crippen LogP contribution in [0.1, 0.15) is 11.3 Å². The Morgan fingerprint density at radius 2 is 1.71 bits per heavy atom. The molecule has 0 radical (unpaired) electrons. The largest absolute Gasteiger partial charge is 0.457 e. The first kappa shape index (κ1) is 12.5. The number of aromatic amines is 1. The first-order chi connectivity index (χ1) is 10.4. The molecule has 21 heavy (non-hydrogen) atoms. The lowest BCUT2D eigenvalue weighted by atomic mass is 10.1. The van der Waals surface area contributed by atoms with Crippen LogP contribution in [0.4, 0.5) is 0 Å². The van der Waals surface area contributed by atoms with Crippen molar-refractivity contribution in [3.63, 3.8) is 0 Å². The second-order valence-electron chi connectivity index (χ2n) is 5.43. The minimum Gasteiger partial charge on any atom is -0.457 e. The lowest BCUT2D eigenvalue weighted by Gasteiger charge is -2.08. The topological polar surface area (TPSA) is 37.0 Å². The summed E-state index contributed by atoms with van der Waals surface area (Å²) in [6, 6.07) is 16.2. The van der Waals surface area contributed by atoms with E-state index >= 15 is 0 Å². The first-order valence-electron chi connectivity index (χ1n) is 7.48. The van der Waals surface area contributed by atoms with Crippen LogP contribution in [0.5, 0.6) is 11.5 Å². The third-order valence-corrected chi connectivity index (χ3v) is 4.05. The molecular formula is C18H18N2O. The average Bonchev–Trinajstić information content (AvgIpc) is 2.72. The third kappa shape index (κ3) is 2.30. The van der Waals surface area contributed by atoms with E-state index in [1.807, 2.05) is 30.3 Å². The summed E-state index contributed by atoms with van der Waals surface area (Å²) in [6.45, 7) is 2.06. The Morgan fingerprint density at radius 3 is 2.62 bits per heavy atom. The molecule has 2 heterocycles. The number of aromatic nitrogens is 1. The maximum Gasteiger partial charge on any atom is 0.137 e. The monoisotopic (exact) mass is 278 g/mol. The van der Waals surface area contributed by atoms with Gasteiger partial charge in [0.25, 0.3) is 0 Å². The SMILES string of the molecule is c1ccc(Oc2cccc3[nH]c4c(c23)CCNCC4)cc1. The number of rotatable bonds is 2. The van der Waals surface area contributed by atoms with Crippen LogP contribution in [0, 0.1) is 0 Å².